The van der Waals surface area contributed by atoms with Gasteiger partial charge in [-0.1, -0.05) is 13.0 Å². The van der Waals surface area contributed by atoms with Crippen molar-refractivity contribution < 1.29 is 4.79 Å². The Hall–Kier alpha value is -0.940. The molecule has 1 N–H and O–H groups in total. The van der Waals surface area contributed by atoms with Gasteiger partial charge in [-0.2, -0.15) is 0 Å². The van der Waals surface area contributed by atoms with E-state index < -0.39 is 0 Å². The fourth-order valence-corrected chi connectivity index (χ4v) is 2.76. The number of nitrogens with zero attached hydrogens (tertiary/aromatic N) is 2. The monoisotopic (exact) mass is 339 g/mol. The van der Waals surface area contributed by atoms with Crippen LogP contribution >= 0.6 is 15.9 Å². The average molecular weight is 340 g/mol. The van der Waals surface area contributed by atoms with Gasteiger partial charge in [0.1, 0.15) is 10.3 Å². The molecule has 1 saturated heterocycles. The maximum absolute atomic E-state index is 11.9. The fourth-order valence-electron chi connectivity index (χ4n) is 2.42. The van der Waals surface area contributed by atoms with E-state index in [0.717, 1.165) is 18.9 Å². The molecular formula is C15H22BrN3O. The molecule has 4 nitrogen and oxygen atoms in total. The van der Waals surface area contributed by atoms with Gasteiger partial charge >= 0.3 is 0 Å². The number of halogens is 1. The highest BCUT2D eigenvalue weighted by molar-refractivity contribution is 9.10. The van der Waals surface area contributed by atoms with Crippen molar-refractivity contribution >= 4 is 21.8 Å². The van der Waals surface area contributed by atoms with Crippen molar-refractivity contribution in [2.24, 2.45) is 5.92 Å². The van der Waals surface area contributed by atoms with Gasteiger partial charge in [-0.15, -0.1) is 0 Å². The molecule has 20 heavy (non-hydrogen) atoms. The number of amides is 1. The predicted octanol–water partition coefficient (Wildman–Crippen LogP) is 2.70. The number of aromatic nitrogens is 1. The lowest BCUT2D eigenvalue weighted by atomic mass is 9.99. The number of likely N-dealkylation sites (tertiary alicyclic amines) is 1. The number of pyridine rings is 1. The molecule has 0 aromatic carbocycles. The molecule has 2 rings (SSSR count). The zero-order valence-corrected chi connectivity index (χ0v) is 13.5. The van der Waals surface area contributed by atoms with E-state index in [0.29, 0.717) is 16.8 Å². The third kappa shape index (κ3) is 4.87. The van der Waals surface area contributed by atoms with E-state index in [1.165, 1.54) is 25.9 Å². The first-order valence-electron chi connectivity index (χ1n) is 7.28. The van der Waals surface area contributed by atoms with E-state index in [4.69, 9.17) is 0 Å². The Kier molecular flexibility index (Phi) is 5.98. The largest absolute Gasteiger partial charge is 0.351 e. The first-order chi connectivity index (χ1) is 9.65. The number of hydrogen-bond donors (Lipinski definition) is 1. The van der Waals surface area contributed by atoms with Gasteiger partial charge < -0.3 is 10.2 Å². The van der Waals surface area contributed by atoms with Crippen LogP contribution < -0.4 is 5.32 Å². The maximum atomic E-state index is 11.9. The van der Waals surface area contributed by atoms with Crippen LogP contribution in [0.2, 0.25) is 0 Å². The molecule has 1 amide bonds. The van der Waals surface area contributed by atoms with Crippen LogP contribution in [0.1, 0.15) is 36.7 Å². The van der Waals surface area contributed by atoms with Crippen molar-refractivity contribution in [3.8, 4) is 0 Å². The van der Waals surface area contributed by atoms with E-state index in [9.17, 15) is 4.79 Å². The number of piperidine rings is 1. The second kappa shape index (κ2) is 7.74. The minimum atomic E-state index is -0.0985. The summed E-state index contributed by atoms with van der Waals surface area (Å²) in [6, 6.07) is 5.36. The Morgan fingerprint density at radius 2 is 2.20 bits per heavy atom. The summed E-state index contributed by atoms with van der Waals surface area (Å²) in [5, 5.41) is 2.93. The number of carbonyl (C=O) groups excluding carboxylic acids is 1. The molecule has 0 unspecified atom stereocenters. The Labute approximate surface area is 129 Å². The summed E-state index contributed by atoms with van der Waals surface area (Å²) in [6.45, 7) is 6.49. The lowest BCUT2D eigenvalue weighted by molar-refractivity contribution is 0.0945. The Balaban J connectivity index is 1.64. The highest BCUT2D eigenvalue weighted by Gasteiger charge is 2.15. The van der Waals surface area contributed by atoms with Crippen molar-refractivity contribution in [2.45, 2.75) is 26.2 Å². The summed E-state index contributed by atoms with van der Waals surface area (Å²) in [5.41, 5.74) is 0.464. The van der Waals surface area contributed by atoms with Crippen LogP contribution in [0.15, 0.2) is 22.8 Å². The minimum absolute atomic E-state index is 0.0985. The third-order valence-electron chi connectivity index (χ3n) is 3.76. The number of rotatable bonds is 5. The third-order valence-corrected chi connectivity index (χ3v) is 4.20. The molecule has 0 spiro atoms. The molecule has 0 aliphatic carbocycles. The molecule has 0 saturated carbocycles. The number of carbonyl (C=O) groups is 1. The van der Waals surface area contributed by atoms with Gasteiger partial charge in [-0.05, 0) is 72.9 Å². The highest BCUT2D eigenvalue weighted by Crippen LogP contribution is 2.15. The zero-order valence-electron chi connectivity index (χ0n) is 11.9. The van der Waals surface area contributed by atoms with Crippen molar-refractivity contribution in [3.63, 3.8) is 0 Å². The topological polar surface area (TPSA) is 45.2 Å². The van der Waals surface area contributed by atoms with Crippen molar-refractivity contribution in [3.05, 3.63) is 28.5 Å². The van der Waals surface area contributed by atoms with Crippen LogP contribution in [-0.4, -0.2) is 42.0 Å². The first kappa shape index (κ1) is 15.4. The van der Waals surface area contributed by atoms with Crippen LogP contribution in [-0.2, 0) is 0 Å². The van der Waals surface area contributed by atoms with Gasteiger partial charge in [0.05, 0.1) is 0 Å². The molecule has 0 radical (unpaired) electrons. The second-order valence-electron chi connectivity index (χ2n) is 5.48. The predicted molar refractivity (Wildman–Crippen MR) is 83.7 cm³/mol. The Bertz CT molecular complexity index is 444. The number of nitrogens with one attached hydrogen (secondary N) is 1. The van der Waals surface area contributed by atoms with Gasteiger partial charge in [0, 0.05) is 6.54 Å². The Morgan fingerprint density at radius 3 is 2.90 bits per heavy atom. The van der Waals surface area contributed by atoms with Crippen molar-refractivity contribution in [2.75, 3.05) is 26.2 Å². The molecule has 5 heteroatoms. The van der Waals surface area contributed by atoms with E-state index in [1.807, 2.05) is 12.1 Å². The Morgan fingerprint density at radius 1 is 1.45 bits per heavy atom. The van der Waals surface area contributed by atoms with Crippen LogP contribution in [0.3, 0.4) is 0 Å². The van der Waals surface area contributed by atoms with E-state index in [1.54, 1.807) is 6.07 Å². The normalized spacial score (nSPS) is 17.1. The van der Waals surface area contributed by atoms with Crippen molar-refractivity contribution in [1.82, 2.24) is 15.2 Å². The average Bonchev–Trinajstić information content (AvgIpc) is 2.45. The molecule has 0 bridgehead atoms. The van der Waals surface area contributed by atoms with E-state index >= 15 is 0 Å². The summed E-state index contributed by atoms with van der Waals surface area (Å²) in [5.74, 6) is 0.770. The van der Waals surface area contributed by atoms with Gasteiger partial charge in [-0.25, -0.2) is 4.98 Å². The minimum Gasteiger partial charge on any atom is -0.351 e. The maximum Gasteiger partial charge on any atom is 0.269 e. The van der Waals surface area contributed by atoms with Crippen LogP contribution in [0.4, 0.5) is 0 Å². The zero-order chi connectivity index (χ0) is 14.4. The smallest absolute Gasteiger partial charge is 0.269 e. The lowest BCUT2D eigenvalue weighted by Gasteiger charge is -2.30. The quantitative estimate of drug-likeness (QED) is 0.662. The summed E-state index contributed by atoms with van der Waals surface area (Å²) in [7, 11) is 0. The van der Waals surface area contributed by atoms with E-state index in [-0.39, 0.29) is 5.91 Å². The molecule has 1 aromatic heterocycles. The summed E-state index contributed by atoms with van der Waals surface area (Å²) < 4.78 is 0.688. The van der Waals surface area contributed by atoms with Crippen LogP contribution in [0.5, 0.6) is 0 Å². The molecule has 1 fully saturated rings. The molecule has 1 aromatic rings. The summed E-state index contributed by atoms with van der Waals surface area (Å²) >= 11 is 3.27. The lowest BCUT2D eigenvalue weighted by Crippen LogP contribution is -2.35. The number of hydrogen-bond acceptors (Lipinski definition) is 3. The fraction of sp³-hybridized carbons (Fsp3) is 0.600. The van der Waals surface area contributed by atoms with Gasteiger partial charge in [-0.3, -0.25) is 4.79 Å². The molecule has 0 atom stereocenters. The summed E-state index contributed by atoms with van der Waals surface area (Å²) in [6.07, 6.45) is 3.59. The SMILES string of the molecule is CC1CCN(CCCNC(=O)c2cccc(Br)n2)CC1. The molecule has 110 valence electrons. The van der Waals surface area contributed by atoms with Gasteiger partial charge in [0.25, 0.3) is 5.91 Å². The molecule has 1 aliphatic heterocycles. The summed E-state index contributed by atoms with van der Waals surface area (Å²) in [4.78, 5) is 18.5. The van der Waals surface area contributed by atoms with Gasteiger partial charge in [0.15, 0.2) is 0 Å². The van der Waals surface area contributed by atoms with Gasteiger partial charge in [0.2, 0.25) is 0 Å². The first-order valence-corrected chi connectivity index (χ1v) is 8.07. The van der Waals surface area contributed by atoms with Crippen molar-refractivity contribution in [1.29, 1.82) is 0 Å². The molecule has 1 aliphatic rings. The van der Waals surface area contributed by atoms with Crippen LogP contribution in [0, 0.1) is 5.92 Å². The molecular weight excluding hydrogens is 318 g/mol. The standard InChI is InChI=1S/C15H22BrN3O/c1-12-6-10-19(11-7-12)9-3-8-17-15(20)13-4-2-5-14(16)18-13/h2,4-5,12H,3,6-11H2,1H3,(H,17,20). The molecule has 2 heterocycles. The second-order valence-corrected chi connectivity index (χ2v) is 6.29. The van der Waals surface area contributed by atoms with Crippen LogP contribution in [0.25, 0.3) is 0 Å². The van der Waals surface area contributed by atoms with E-state index in [2.05, 4.69) is 38.1 Å². The highest BCUT2D eigenvalue weighted by atomic mass is 79.9.